The molecule has 7 nitrogen and oxygen atoms in total. The minimum atomic E-state index is -0.625. The van der Waals surface area contributed by atoms with Crippen molar-refractivity contribution < 1.29 is 9.53 Å². The van der Waals surface area contributed by atoms with Crippen LogP contribution in [0.1, 0.15) is 16.1 Å². The lowest BCUT2D eigenvalue weighted by Crippen LogP contribution is -2.11. The summed E-state index contributed by atoms with van der Waals surface area (Å²) >= 11 is 0. The van der Waals surface area contributed by atoms with Gasteiger partial charge in [0.05, 0.1) is 29.6 Å². The van der Waals surface area contributed by atoms with E-state index >= 15 is 0 Å². The number of carbonyl (C=O) groups excluding carboxylic acids is 1. The molecule has 3 rings (SSSR count). The van der Waals surface area contributed by atoms with Crippen molar-refractivity contribution in [3.63, 3.8) is 0 Å². The molecule has 1 aromatic carbocycles. The van der Waals surface area contributed by atoms with E-state index in [1.54, 1.807) is 24.5 Å². The highest BCUT2D eigenvalue weighted by atomic mass is 16.5. The lowest BCUT2D eigenvalue weighted by Gasteiger charge is -2.10. The summed E-state index contributed by atoms with van der Waals surface area (Å²) in [5.41, 5.74) is 8.12. The van der Waals surface area contributed by atoms with E-state index in [9.17, 15) is 4.79 Å². The Kier molecular flexibility index (Phi) is 3.20. The number of anilines is 1. The molecule has 7 heteroatoms. The number of nitriles is 1. The SMILES string of the molecule is COC(=O)c1c(N)c(C#N)cn1-c1cccc2nccnc12. The number of nitrogens with zero attached hydrogens (tertiary/aromatic N) is 4. The Morgan fingerprint density at radius 1 is 1.36 bits per heavy atom. The Hall–Kier alpha value is -3.40. The third-order valence-corrected chi connectivity index (χ3v) is 3.28. The summed E-state index contributed by atoms with van der Waals surface area (Å²) in [5, 5.41) is 9.15. The van der Waals surface area contributed by atoms with Crippen LogP contribution in [0.25, 0.3) is 16.7 Å². The molecule has 0 saturated heterocycles. The highest BCUT2D eigenvalue weighted by Crippen LogP contribution is 2.27. The van der Waals surface area contributed by atoms with Crippen molar-refractivity contribution in [3.05, 3.63) is 48.0 Å². The number of nitrogens with two attached hydrogens (primary N) is 1. The molecule has 2 N–H and O–H groups in total. The summed E-state index contributed by atoms with van der Waals surface area (Å²) in [6.45, 7) is 0. The van der Waals surface area contributed by atoms with E-state index in [0.29, 0.717) is 16.7 Å². The number of carbonyl (C=O) groups is 1. The molecule has 0 radical (unpaired) electrons. The van der Waals surface area contributed by atoms with Crippen LogP contribution in [-0.2, 0) is 4.74 Å². The van der Waals surface area contributed by atoms with Crippen molar-refractivity contribution in [2.75, 3.05) is 12.8 Å². The fourth-order valence-electron chi connectivity index (χ4n) is 2.28. The van der Waals surface area contributed by atoms with Gasteiger partial charge in [-0.15, -0.1) is 0 Å². The quantitative estimate of drug-likeness (QED) is 0.720. The number of hydrogen-bond acceptors (Lipinski definition) is 6. The smallest absolute Gasteiger partial charge is 0.357 e. The van der Waals surface area contributed by atoms with E-state index in [0.717, 1.165) is 0 Å². The van der Waals surface area contributed by atoms with Crippen LogP contribution in [0, 0.1) is 11.3 Å². The van der Waals surface area contributed by atoms with Gasteiger partial charge in [0.25, 0.3) is 0 Å². The van der Waals surface area contributed by atoms with E-state index in [-0.39, 0.29) is 16.9 Å². The second-order valence-corrected chi connectivity index (χ2v) is 4.48. The second-order valence-electron chi connectivity index (χ2n) is 4.48. The van der Waals surface area contributed by atoms with Gasteiger partial charge in [0.2, 0.25) is 0 Å². The fourth-order valence-corrected chi connectivity index (χ4v) is 2.28. The molecule has 3 aromatic rings. The summed E-state index contributed by atoms with van der Waals surface area (Å²) in [6.07, 6.45) is 4.63. The summed E-state index contributed by atoms with van der Waals surface area (Å²) in [5.74, 6) is -0.625. The number of rotatable bonds is 2. The molecular weight excluding hydrogens is 282 g/mol. The zero-order valence-corrected chi connectivity index (χ0v) is 11.6. The lowest BCUT2D eigenvalue weighted by molar-refractivity contribution is 0.0593. The molecule has 2 heterocycles. The normalized spacial score (nSPS) is 10.4. The highest BCUT2D eigenvalue weighted by Gasteiger charge is 2.22. The van der Waals surface area contributed by atoms with Crippen LogP contribution in [0.4, 0.5) is 5.69 Å². The molecule has 0 fully saturated rings. The van der Waals surface area contributed by atoms with Crippen molar-refractivity contribution in [2.45, 2.75) is 0 Å². The number of methoxy groups -OCH3 is 1. The Morgan fingerprint density at radius 3 is 2.86 bits per heavy atom. The molecule has 0 bridgehead atoms. The first kappa shape index (κ1) is 13.6. The first-order chi connectivity index (χ1) is 10.7. The van der Waals surface area contributed by atoms with Gasteiger partial charge in [-0.2, -0.15) is 5.26 Å². The van der Waals surface area contributed by atoms with E-state index in [4.69, 9.17) is 15.7 Å². The maximum atomic E-state index is 12.0. The van der Waals surface area contributed by atoms with Crippen LogP contribution < -0.4 is 5.73 Å². The molecule has 0 aliphatic heterocycles. The Labute approximate surface area is 125 Å². The molecular formula is C15H11N5O2. The van der Waals surface area contributed by atoms with Gasteiger partial charge in [0.15, 0.2) is 5.69 Å². The molecule has 0 spiro atoms. The fraction of sp³-hybridized carbons (Fsp3) is 0.0667. The third-order valence-electron chi connectivity index (χ3n) is 3.28. The Balaban J connectivity index is 2.36. The zero-order valence-electron chi connectivity index (χ0n) is 11.6. The zero-order chi connectivity index (χ0) is 15.7. The van der Waals surface area contributed by atoms with Crippen molar-refractivity contribution >= 4 is 22.7 Å². The standard InChI is InChI=1S/C15H11N5O2/c1-22-15(21)14-12(17)9(7-16)8-20(14)11-4-2-3-10-13(11)19-6-5-18-10/h2-6,8H,17H2,1H3. The molecule has 0 saturated carbocycles. The van der Waals surface area contributed by atoms with Crippen molar-refractivity contribution in [1.82, 2.24) is 14.5 Å². The number of para-hydroxylation sites is 1. The van der Waals surface area contributed by atoms with Crippen LogP contribution in [0.15, 0.2) is 36.8 Å². The van der Waals surface area contributed by atoms with Gasteiger partial charge in [0.1, 0.15) is 11.6 Å². The molecule has 0 unspecified atom stereocenters. The first-order valence-corrected chi connectivity index (χ1v) is 6.36. The third kappa shape index (κ3) is 1.94. The topological polar surface area (TPSA) is 107 Å². The average Bonchev–Trinajstić information content (AvgIpc) is 2.90. The summed E-state index contributed by atoms with van der Waals surface area (Å²) in [7, 11) is 1.26. The molecule has 0 aliphatic rings. The van der Waals surface area contributed by atoms with Crippen molar-refractivity contribution in [3.8, 4) is 11.8 Å². The van der Waals surface area contributed by atoms with Gasteiger partial charge in [-0.05, 0) is 12.1 Å². The van der Waals surface area contributed by atoms with E-state index in [1.165, 1.54) is 17.9 Å². The molecule has 22 heavy (non-hydrogen) atoms. The van der Waals surface area contributed by atoms with Crippen molar-refractivity contribution in [1.29, 1.82) is 5.26 Å². The number of benzene rings is 1. The number of ether oxygens (including phenoxy) is 1. The van der Waals surface area contributed by atoms with Crippen molar-refractivity contribution in [2.24, 2.45) is 0 Å². The minimum Gasteiger partial charge on any atom is -0.464 e. The summed E-state index contributed by atoms with van der Waals surface area (Å²) < 4.78 is 6.27. The van der Waals surface area contributed by atoms with Crippen LogP contribution in [0.3, 0.4) is 0 Å². The monoisotopic (exact) mass is 293 g/mol. The van der Waals surface area contributed by atoms with Crippen LogP contribution in [0.2, 0.25) is 0 Å². The number of nitrogen functional groups attached to an aromatic ring is 1. The molecule has 108 valence electrons. The van der Waals surface area contributed by atoms with E-state index < -0.39 is 5.97 Å². The summed E-state index contributed by atoms with van der Waals surface area (Å²) in [4.78, 5) is 20.5. The molecule has 0 aliphatic carbocycles. The van der Waals surface area contributed by atoms with Gasteiger partial charge in [0, 0.05) is 18.6 Å². The molecule has 0 amide bonds. The lowest BCUT2D eigenvalue weighted by atomic mass is 10.2. The van der Waals surface area contributed by atoms with Gasteiger partial charge in [-0.3, -0.25) is 9.97 Å². The maximum Gasteiger partial charge on any atom is 0.357 e. The van der Waals surface area contributed by atoms with E-state index in [2.05, 4.69) is 9.97 Å². The minimum absolute atomic E-state index is 0.0789. The highest BCUT2D eigenvalue weighted by molar-refractivity contribution is 5.97. The number of esters is 1. The largest absolute Gasteiger partial charge is 0.464 e. The van der Waals surface area contributed by atoms with E-state index in [1.807, 2.05) is 12.1 Å². The first-order valence-electron chi connectivity index (χ1n) is 6.36. The van der Waals surface area contributed by atoms with Gasteiger partial charge in [-0.1, -0.05) is 6.07 Å². The van der Waals surface area contributed by atoms with Gasteiger partial charge < -0.3 is 15.0 Å². The summed E-state index contributed by atoms with van der Waals surface area (Å²) in [6, 6.07) is 7.33. The predicted octanol–water partition coefficient (Wildman–Crippen LogP) is 1.66. The van der Waals surface area contributed by atoms with Crippen LogP contribution >= 0.6 is 0 Å². The van der Waals surface area contributed by atoms with Crippen LogP contribution in [-0.4, -0.2) is 27.6 Å². The van der Waals surface area contributed by atoms with Gasteiger partial charge >= 0.3 is 5.97 Å². The Morgan fingerprint density at radius 2 is 2.14 bits per heavy atom. The number of aromatic nitrogens is 3. The molecule has 0 atom stereocenters. The predicted molar refractivity (Wildman–Crippen MR) is 79.3 cm³/mol. The Bertz CT molecular complexity index is 918. The average molecular weight is 293 g/mol. The number of hydrogen-bond donors (Lipinski definition) is 1. The van der Waals surface area contributed by atoms with Gasteiger partial charge in [-0.25, -0.2) is 4.79 Å². The molecule has 2 aromatic heterocycles. The number of fused-ring (bicyclic) bond motifs is 1. The van der Waals surface area contributed by atoms with Crippen LogP contribution in [0.5, 0.6) is 0 Å². The maximum absolute atomic E-state index is 12.0. The second kappa shape index (κ2) is 5.18.